The van der Waals surface area contributed by atoms with Crippen molar-refractivity contribution in [1.29, 1.82) is 0 Å². The molecule has 0 bridgehead atoms. The molecule has 0 aliphatic carbocycles. The van der Waals surface area contributed by atoms with Gasteiger partial charge in [0, 0.05) is 30.6 Å². The van der Waals surface area contributed by atoms with E-state index in [1.165, 1.54) is 6.07 Å². The van der Waals surface area contributed by atoms with E-state index in [0.717, 1.165) is 48.0 Å². The minimum Gasteiger partial charge on any atom is -0.348 e. The number of carbonyl (C=O) groups is 1. The van der Waals surface area contributed by atoms with Crippen LogP contribution >= 0.6 is 0 Å². The molecule has 2 heterocycles. The molecule has 6 heteroatoms. The molecule has 0 unspecified atom stereocenters. The third-order valence-corrected chi connectivity index (χ3v) is 5.95. The summed E-state index contributed by atoms with van der Waals surface area (Å²) in [5.74, 6) is -0.396. The van der Waals surface area contributed by atoms with Gasteiger partial charge in [-0.15, -0.1) is 0 Å². The fourth-order valence-corrected chi connectivity index (χ4v) is 4.09. The van der Waals surface area contributed by atoms with Crippen LogP contribution in [0.3, 0.4) is 0 Å². The highest BCUT2D eigenvalue weighted by Gasteiger charge is 2.24. The summed E-state index contributed by atoms with van der Waals surface area (Å²) in [5.41, 5.74) is 3.47. The summed E-state index contributed by atoms with van der Waals surface area (Å²) in [4.78, 5) is 15.3. The molecule has 1 aliphatic heterocycles. The molecule has 1 saturated heterocycles. The number of aromatic nitrogens is 2. The van der Waals surface area contributed by atoms with Gasteiger partial charge in [0.25, 0.3) is 5.91 Å². The lowest BCUT2D eigenvalue weighted by Crippen LogP contribution is -2.46. The van der Waals surface area contributed by atoms with Crippen LogP contribution in [0.25, 0.3) is 22.0 Å². The summed E-state index contributed by atoms with van der Waals surface area (Å²) in [6, 6.07) is 11.5. The van der Waals surface area contributed by atoms with Crippen LogP contribution in [0.1, 0.15) is 42.7 Å². The Labute approximate surface area is 170 Å². The first-order chi connectivity index (χ1) is 13.9. The number of H-pyrrole nitrogens is 1. The summed E-state index contributed by atoms with van der Waals surface area (Å²) in [6.45, 7) is 8.15. The molecule has 0 spiro atoms. The largest absolute Gasteiger partial charge is 0.348 e. The number of benzene rings is 2. The molecule has 1 aliphatic rings. The second kappa shape index (κ2) is 7.95. The van der Waals surface area contributed by atoms with Crippen molar-refractivity contribution in [2.45, 2.75) is 45.7 Å². The number of halogens is 1. The van der Waals surface area contributed by atoms with Gasteiger partial charge in [0.1, 0.15) is 5.82 Å². The van der Waals surface area contributed by atoms with E-state index in [9.17, 15) is 9.18 Å². The Morgan fingerprint density at radius 3 is 2.72 bits per heavy atom. The summed E-state index contributed by atoms with van der Waals surface area (Å²) in [5, 5.41) is 11.1. The van der Waals surface area contributed by atoms with Crippen LogP contribution in [-0.4, -0.2) is 46.2 Å². The fraction of sp³-hybridized carbons (Fsp3) is 0.391. The zero-order valence-corrected chi connectivity index (χ0v) is 17.1. The van der Waals surface area contributed by atoms with Gasteiger partial charge in [0.05, 0.1) is 5.52 Å². The average molecular weight is 394 g/mol. The summed E-state index contributed by atoms with van der Waals surface area (Å²) >= 11 is 0. The smallest absolute Gasteiger partial charge is 0.272 e. The molecule has 4 rings (SSSR count). The number of nitrogens with zero attached hydrogens (tertiary/aromatic N) is 2. The van der Waals surface area contributed by atoms with Crippen molar-refractivity contribution in [2.75, 3.05) is 13.1 Å². The molecule has 5 nitrogen and oxygen atoms in total. The van der Waals surface area contributed by atoms with Crippen LogP contribution in [0, 0.1) is 12.7 Å². The highest BCUT2D eigenvalue weighted by atomic mass is 19.1. The fourth-order valence-electron chi connectivity index (χ4n) is 4.09. The number of nitrogens with one attached hydrogen (secondary N) is 2. The van der Waals surface area contributed by atoms with Gasteiger partial charge in [0.2, 0.25) is 0 Å². The molecule has 1 fully saturated rings. The van der Waals surface area contributed by atoms with Crippen LogP contribution in [-0.2, 0) is 0 Å². The normalized spacial score (nSPS) is 15.9. The predicted octanol–water partition coefficient (Wildman–Crippen LogP) is 4.28. The molecule has 1 aromatic heterocycles. The van der Waals surface area contributed by atoms with E-state index in [1.807, 2.05) is 24.3 Å². The lowest BCUT2D eigenvalue weighted by molar-refractivity contribution is 0.0897. The summed E-state index contributed by atoms with van der Waals surface area (Å²) in [7, 11) is 0. The first kappa shape index (κ1) is 19.6. The Kier molecular flexibility index (Phi) is 5.37. The van der Waals surface area contributed by atoms with Gasteiger partial charge in [-0.1, -0.05) is 18.2 Å². The van der Waals surface area contributed by atoms with Crippen LogP contribution in [0.15, 0.2) is 36.4 Å². The van der Waals surface area contributed by atoms with Gasteiger partial charge >= 0.3 is 0 Å². The van der Waals surface area contributed by atoms with Crippen LogP contribution in [0.2, 0.25) is 0 Å². The van der Waals surface area contributed by atoms with Gasteiger partial charge in [-0.2, -0.15) is 5.10 Å². The van der Waals surface area contributed by atoms with Gasteiger partial charge in [-0.25, -0.2) is 4.39 Å². The minimum absolute atomic E-state index is 0.160. The number of amides is 1. The molecule has 1 amide bonds. The quantitative estimate of drug-likeness (QED) is 0.694. The van der Waals surface area contributed by atoms with E-state index >= 15 is 0 Å². The molecule has 2 aromatic carbocycles. The van der Waals surface area contributed by atoms with Crippen molar-refractivity contribution in [1.82, 2.24) is 20.4 Å². The number of fused-ring (bicyclic) bond motifs is 1. The first-order valence-electron chi connectivity index (χ1n) is 10.2. The number of rotatable bonds is 4. The van der Waals surface area contributed by atoms with Crippen molar-refractivity contribution in [3.05, 3.63) is 53.5 Å². The number of likely N-dealkylation sites (tertiary alicyclic amines) is 1. The molecular formula is C23H27FN4O. The first-order valence-corrected chi connectivity index (χ1v) is 10.2. The van der Waals surface area contributed by atoms with Gasteiger partial charge in [-0.05, 0) is 68.5 Å². The lowest BCUT2D eigenvalue weighted by atomic mass is 9.98. The lowest BCUT2D eigenvalue weighted by Gasteiger charge is -2.34. The standard InChI is InChI=1S/C23H27FN4O/c1-14(2)28-11-9-17(10-12-28)25-23(29)22-19-13-16(7-8-21(19)26-27-22)18-5-4-6-20(24)15(18)3/h4-8,13-14,17H,9-12H2,1-3H3,(H,25,29)(H,26,27). The maximum absolute atomic E-state index is 14.0. The van der Waals surface area contributed by atoms with Gasteiger partial charge < -0.3 is 10.2 Å². The number of piperidine rings is 1. The number of carbonyl (C=O) groups excluding carboxylic acids is 1. The van der Waals surface area contributed by atoms with E-state index in [2.05, 4.69) is 34.3 Å². The second-order valence-corrected chi connectivity index (χ2v) is 8.12. The molecule has 0 saturated carbocycles. The van der Waals surface area contributed by atoms with Gasteiger partial charge in [-0.3, -0.25) is 9.89 Å². The third-order valence-electron chi connectivity index (χ3n) is 5.95. The molecular weight excluding hydrogens is 367 g/mol. The molecule has 2 N–H and O–H groups in total. The van der Waals surface area contributed by atoms with E-state index in [0.29, 0.717) is 17.3 Å². The van der Waals surface area contributed by atoms with E-state index < -0.39 is 0 Å². The molecule has 0 atom stereocenters. The van der Waals surface area contributed by atoms with Crippen LogP contribution in [0.5, 0.6) is 0 Å². The highest BCUT2D eigenvalue weighted by Crippen LogP contribution is 2.29. The third kappa shape index (κ3) is 3.90. The van der Waals surface area contributed by atoms with E-state index in [1.54, 1.807) is 13.0 Å². The Balaban J connectivity index is 1.57. The Hall–Kier alpha value is -2.73. The number of hydrogen-bond acceptors (Lipinski definition) is 3. The predicted molar refractivity (Wildman–Crippen MR) is 113 cm³/mol. The van der Waals surface area contributed by atoms with Gasteiger partial charge in [0.15, 0.2) is 5.69 Å². The maximum atomic E-state index is 14.0. The molecule has 152 valence electrons. The zero-order chi connectivity index (χ0) is 20.5. The van der Waals surface area contributed by atoms with Crippen molar-refractivity contribution in [2.24, 2.45) is 0 Å². The molecule has 0 radical (unpaired) electrons. The molecule has 29 heavy (non-hydrogen) atoms. The van der Waals surface area contributed by atoms with Crippen molar-refractivity contribution < 1.29 is 9.18 Å². The van der Waals surface area contributed by atoms with Crippen molar-refractivity contribution in [3.63, 3.8) is 0 Å². The van der Waals surface area contributed by atoms with Crippen LogP contribution < -0.4 is 5.32 Å². The maximum Gasteiger partial charge on any atom is 0.272 e. The monoisotopic (exact) mass is 394 g/mol. The number of hydrogen-bond donors (Lipinski definition) is 2. The summed E-state index contributed by atoms with van der Waals surface area (Å²) in [6.07, 6.45) is 1.89. The zero-order valence-electron chi connectivity index (χ0n) is 17.1. The molecule has 3 aromatic rings. The van der Waals surface area contributed by atoms with Crippen LogP contribution in [0.4, 0.5) is 4.39 Å². The SMILES string of the molecule is Cc1c(F)cccc1-c1ccc2[nH]nc(C(=O)NC3CCN(C(C)C)CC3)c2c1. The highest BCUT2D eigenvalue weighted by molar-refractivity contribution is 6.05. The Morgan fingerprint density at radius 1 is 1.24 bits per heavy atom. The Bertz CT molecular complexity index is 1030. The second-order valence-electron chi connectivity index (χ2n) is 8.12. The average Bonchev–Trinajstić information content (AvgIpc) is 3.14. The van der Waals surface area contributed by atoms with Crippen molar-refractivity contribution in [3.8, 4) is 11.1 Å². The Morgan fingerprint density at radius 2 is 2.00 bits per heavy atom. The number of aromatic amines is 1. The van der Waals surface area contributed by atoms with Crippen molar-refractivity contribution >= 4 is 16.8 Å². The summed E-state index contributed by atoms with van der Waals surface area (Å²) < 4.78 is 14.0. The minimum atomic E-state index is -0.236. The topological polar surface area (TPSA) is 61.0 Å². The van der Waals surface area contributed by atoms with E-state index in [4.69, 9.17) is 0 Å². The van der Waals surface area contributed by atoms with E-state index in [-0.39, 0.29) is 17.8 Å².